The number of nitrogens with zero attached hydrogens (tertiary/aromatic N) is 2. The largest absolute Gasteiger partial charge is 0.385 e. The number of carbonyl (C=O) groups excluding carboxylic acids is 1. The van der Waals surface area contributed by atoms with E-state index < -0.39 is 0 Å². The molecule has 0 aliphatic carbocycles. The lowest BCUT2D eigenvalue weighted by Crippen LogP contribution is -2.16. The van der Waals surface area contributed by atoms with Gasteiger partial charge in [-0.15, -0.1) is 0 Å². The number of rotatable bonds is 8. The van der Waals surface area contributed by atoms with E-state index in [4.69, 9.17) is 4.74 Å². The fourth-order valence-electron chi connectivity index (χ4n) is 3.05. The van der Waals surface area contributed by atoms with E-state index in [0.29, 0.717) is 30.5 Å². The number of amides is 1. The van der Waals surface area contributed by atoms with E-state index in [1.165, 1.54) is 0 Å². The van der Waals surface area contributed by atoms with Crippen molar-refractivity contribution >= 4 is 17.4 Å². The molecule has 150 valence electrons. The van der Waals surface area contributed by atoms with Gasteiger partial charge in [-0.05, 0) is 43.5 Å². The lowest BCUT2D eigenvalue weighted by Gasteiger charge is -2.11. The Morgan fingerprint density at radius 1 is 1.00 bits per heavy atom. The molecule has 3 rings (SSSR count). The summed E-state index contributed by atoms with van der Waals surface area (Å²) in [6.07, 6.45) is 0.839. The molecule has 1 amide bonds. The molecule has 1 aromatic heterocycles. The van der Waals surface area contributed by atoms with Gasteiger partial charge in [-0.3, -0.25) is 4.79 Å². The second-order valence-electron chi connectivity index (χ2n) is 6.93. The maximum Gasteiger partial charge on any atom is 0.274 e. The lowest BCUT2D eigenvalue weighted by molar-refractivity contribution is 0.102. The van der Waals surface area contributed by atoms with E-state index in [9.17, 15) is 4.79 Å². The van der Waals surface area contributed by atoms with E-state index in [1.807, 2.05) is 56.3 Å². The number of nitrogens with one attached hydrogen (secondary N) is 2. The SMILES string of the molecule is COCCCNc1cc(C(=O)Nc2cc(C)cc(C)c2)nc(-c2ccccc2)n1. The van der Waals surface area contributed by atoms with Crippen LogP contribution in [0.3, 0.4) is 0 Å². The number of aryl methyl sites for hydroxylation is 2. The smallest absolute Gasteiger partial charge is 0.274 e. The van der Waals surface area contributed by atoms with Crippen molar-refractivity contribution in [2.75, 3.05) is 30.9 Å². The number of methoxy groups -OCH3 is 1. The van der Waals surface area contributed by atoms with Gasteiger partial charge in [0.1, 0.15) is 11.5 Å². The predicted molar refractivity (Wildman–Crippen MR) is 116 cm³/mol. The normalized spacial score (nSPS) is 10.6. The van der Waals surface area contributed by atoms with Crippen molar-refractivity contribution in [2.24, 2.45) is 0 Å². The molecule has 0 aliphatic rings. The van der Waals surface area contributed by atoms with Crippen LogP contribution in [0.5, 0.6) is 0 Å². The van der Waals surface area contributed by atoms with Crippen molar-refractivity contribution < 1.29 is 9.53 Å². The van der Waals surface area contributed by atoms with Crippen LogP contribution in [0.1, 0.15) is 28.0 Å². The second-order valence-corrected chi connectivity index (χ2v) is 6.93. The average Bonchev–Trinajstić information content (AvgIpc) is 2.71. The Balaban J connectivity index is 1.88. The Morgan fingerprint density at radius 3 is 2.41 bits per heavy atom. The van der Waals surface area contributed by atoms with Crippen molar-refractivity contribution in [3.8, 4) is 11.4 Å². The zero-order valence-electron chi connectivity index (χ0n) is 17.0. The first-order valence-corrected chi connectivity index (χ1v) is 9.62. The molecule has 2 N–H and O–H groups in total. The molecule has 6 nitrogen and oxygen atoms in total. The van der Waals surface area contributed by atoms with Crippen LogP contribution in [0.25, 0.3) is 11.4 Å². The average molecular weight is 390 g/mol. The van der Waals surface area contributed by atoms with Crippen molar-refractivity contribution in [1.29, 1.82) is 0 Å². The molecule has 0 bridgehead atoms. The summed E-state index contributed by atoms with van der Waals surface area (Å²) >= 11 is 0. The number of hydrogen-bond donors (Lipinski definition) is 2. The molecular weight excluding hydrogens is 364 g/mol. The summed E-state index contributed by atoms with van der Waals surface area (Å²) in [4.78, 5) is 22.0. The molecule has 0 aliphatic heterocycles. The fourth-order valence-corrected chi connectivity index (χ4v) is 3.05. The van der Waals surface area contributed by atoms with E-state index in [-0.39, 0.29) is 5.91 Å². The van der Waals surface area contributed by atoms with Crippen LogP contribution in [0.4, 0.5) is 11.5 Å². The van der Waals surface area contributed by atoms with Crippen LogP contribution in [0, 0.1) is 13.8 Å². The van der Waals surface area contributed by atoms with Gasteiger partial charge in [-0.25, -0.2) is 9.97 Å². The molecule has 0 saturated carbocycles. The quantitative estimate of drug-likeness (QED) is 0.555. The molecule has 2 aromatic carbocycles. The van der Waals surface area contributed by atoms with Gasteiger partial charge in [0.25, 0.3) is 5.91 Å². The van der Waals surface area contributed by atoms with Crippen LogP contribution in [-0.4, -0.2) is 36.1 Å². The summed E-state index contributed by atoms with van der Waals surface area (Å²) in [6.45, 7) is 5.35. The first-order valence-electron chi connectivity index (χ1n) is 9.62. The second kappa shape index (κ2) is 9.80. The van der Waals surface area contributed by atoms with E-state index >= 15 is 0 Å². The van der Waals surface area contributed by atoms with Gasteiger partial charge < -0.3 is 15.4 Å². The van der Waals surface area contributed by atoms with Crippen molar-refractivity contribution in [3.63, 3.8) is 0 Å². The van der Waals surface area contributed by atoms with Crippen LogP contribution >= 0.6 is 0 Å². The highest BCUT2D eigenvalue weighted by Gasteiger charge is 2.14. The molecule has 0 unspecified atom stereocenters. The molecule has 6 heteroatoms. The molecule has 3 aromatic rings. The zero-order chi connectivity index (χ0) is 20.6. The van der Waals surface area contributed by atoms with Gasteiger partial charge in [-0.1, -0.05) is 36.4 Å². The number of aromatic nitrogens is 2. The molecule has 0 radical (unpaired) electrons. The minimum Gasteiger partial charge on any atom is -0.385 e. The number of carbonyl (C=O) groups is 1. The summed E-state index contributed by atoms with van der Waals surface area (Å²) in [5, 5.41) is 6.20. The third-order valence-corrected chi connectivity index (χ3v) is 4.30. The summed E-state index contributed by atoms with van der Waals surface area (Å²) in [5.41, 5.74) is 4.10. The Morgan fingerprint density at radius 2 is 1.72 bits per heavy atom. The van der Waals surface area contributed by atoms with E-state index in [0.717, 1.165) is 28.8 Å². The molecule has 29 heavy (non-hydrogen) atoms. The number of benzene rings is 2. The minimum absolute atomic E-state index is 0.269. The summed E-state index contributed by atoms with van der Waals surface area (Å²) in [6, 6.07) is 17.3. The first-order chi connectivity index (χ1) is 14.0. The molecule has 1 heterocycles. The van der Waals surface area contributed by atoms with Crippen LogP contribution in [0.15, 0.2) is 54.6 Å². The van der Waals surface area contributed by atoms with Gasteiger partial charge in [-0.2, -0.15) is 0 Å². The molecule has 0 spiro atoms. The molecule has 0 atom stereocenters. The van der Waals surface area contributed by atoms with Crippen molar-refractivity contribution in [1.82, 2.24) is 9.97 Å². The zero-order valence-corrected chi connectivity index (χ0v) is 17.0. The van der Waals surface area contributed by atoms with Gasteiger partial charge in [0.15, 0.2) is 5.82 Å². The topological polar surface area (TPSA) is 76.1 Å². The number of anilines is 2. The number of ether oxygens (including phenoxy) is 1. The Bertz CT molecular complexity index is 954. The van der Waals surface area contributed by atoms with Gasteiger partial charge in [0.05, 0.1) is 0 Å². The molecule has 0 fully saturated rings. The highest BCUT2D eigenvalue weighted by Crippen LogP contribution is 2.20. The van der Waals surface area contributed by atoms with E-state index in [1.54, 1.807) is 13.2 Å². The predicted octanol–water partition coefficient (Wildman–Crippen LogP) is 4.46. The first kappa shape index (κ1) is 20.5. The van der Waals surface area contributed by atoms with Crippen molar-refractivity contribution in [3.05, 3.63) is 71.4 Å². The summed E-state index contributed by atoms with van der Waals surface area (Å²) in [5.74, 6) is 0.850. The minimum atomic E-state index is -0.269. The molecular formula is C23H26N4O2. The summed E-state index contributed by atoms with van der Waals surface area (Å²) < 4.78 is 5.08. The fraction of sp³-hybridized carbons (Fsp3) is 0.261. The number of hydrogen-bond acceptors (Lipinski definition) is 5. The van der Waals surface area contributed by atoms with Gasteiger partial charge >= 0.3 is 0 Å². The molecule has 0 saturated heterocycles. The maximum absolute atomic E-state index is 12.9. The van der Waals surface area contributed by atoms with Gasteiger partial charge in [0.2, 0.25) is 0 Å². The van der Waals surface area contributed by atoms with Crippen LogP contribution in [-0.2, 0) is 4.74 Å². The Hall–Kier alpha value is -3.25. The lowest BCUT2D eigenvalue weighted by atomic mass is 10.1. The standard InChI is InChI=1S/C23H26N4O2/c1-16-12-17(2)14-19(13-16)25-23(28)20-15-21(24-10-7-11-29-3)27-22(26-20)18-8-5-4-6-9-18/h4-6,8-9,12-15H,7,10-11H2,1-3H3,(H,25,28)(H,24,26,27). The highest BCUT2D eigenvalue weighted by molar-refractivity contribution is 6.03. The highest BCUT2D eigenvalue weighted by atomic mass is 16.5. The third-order valence-electron chi connectivity index (χ3n) is 4.30. The summed E-state index contributed by atoms with van der Waals surface area (Å²) in [7, 11) is 1.67. The Kier molecular flexibility index (Phi) is 6.92. The monoisotopic (exact) mass is 390 g/mol. The third kappa shape index (κ3) is 5.86. The van der Waals surface area contributed by atoms with Crippen LogP contribution < -0.4 is 10.6 Å². The van der Waals surface area contributed by atoms with Crippen molar-refractivity contribution in [2.45, 2.75) is 20.3 Å². The Labute approximate surface area is 171 Å². The van der Waals surface area contributed by atoms with Crippen LogP contribution in [0.2, 0.25) is 0 Å². The van der Waals surface area contributed by atoms with Gasteiger partial charge in [0, 0.05) is 37.6 Å². The van der Waals surface area contributed by atoms with E-state index in [2.05, 4.69) is 26.7 Å². The maximum atomic E-state index is 12.9.